The molecule has 2 rings (SSSR count). The number of fused-ring (bicyclic) bond motifs is 1. The molecule has 0 radical (unpaired) electrons. The van der Waals surface area contributed by atoms with Crippen molar-refractivity contribution in [2.75, 3.05) is 4.90 Å². The molecule has 6 nitrogen and oxygen atoms in total. The Morgan fingerprint density at radius 1 is 1.45 bits per heavy atom. The molecule has 0 aliphatic carbocycles. The fourth-order valence-electron chi connectivity index (χ4n) is 2.15. The maximum atomic E-state index is 12.3. The molecule has 1 aliphatic rings. The third-order valence-electron chi connectivity index (χ3n) is 3.40. The first kappa shape index (κ1) is 14.3. The van der Waals surface area contributed by atoms with Crippen LogP contribution in [-0.2, 0) is 16.2 Å². The Morgan fingerprint density at radius 3 is 2.65 bits per heavy atom. The molecule has 0 spiro atoms. The van der Waals surface area contributed by atoms with Crippen LogP contribution in [0.4, 0.5) is 5.69 Å². The number of nitrogens with zero attached hydrogens (tertiary/aromatic N) is 1. The average Bonchev–Trinajstić information content (AvgIpc) is 2.39. The van der Waals surface area contributed by atoms with Crippen LogP contribution in [0.5, 0.6) is 5.75 Å². The fraction of sp³-hybridized carbons (Fsp3) is 0.429. The second kappa shape index (κ2) is 4.79. The number of aliphatic carboxylic acids is 1. The highest BCUT2D eigenvalue weighted by Gasteiger charge is 2.44. The molecule has 6 heteroatoms. The van der Waals surface area contributed by atoms with Crippen molar-refractivity contribution in [2.45, 2.75) is 39.0 Å². The summed E-state index contributed by atoms with van der Waals surface area (Å²) in [5.41, 5.74) is -0.346. The summed E-state index contributed by atoms with van der Waals surface area (Å²) in [6, 6.07) is 4.84. The topological polar surface area (TPSA) is 87.1 Å². The zero-order valence-electron chi connectivity index (χ0n) is 11.6. The standard InChI is InChI=1S/C14H17NO5/c1-8-12(17)15(14(2,3)13(18)19)10-5-4-9(7-16)6-11(10)20-8/h4-6,8,16H,7H2,1-3H3,(H,18,19). The van der Waals surface area contributed by atoms with Gasteiger partial charge in [-0.2, -0.15) is 0 Å². The van der Waals surface area contributed by atoms with Gasteiger partial charge in [-0.05, 0) is 38.5 Å². The van der Waals surface area contributed by atoms with Gasteiger partial charge in [0.25, 0.3) is 5.91 Å². The molecule has 0 saturated heterocycles. The summed E-state index contributed by atoms with van der Waals surface area (Å²) < 4.78 is 5.50. The van der Waals surface area contributed by atoms with Crippen molar-refractivity contribution in [2.24, 2.45) is 0 Å². The summed E-state index contributed by atoms with van der Waals surface area (Å²) in [5.74, 6) is -1.10. The highest BCUT2D eigenvalue weighted by atomic mass is 16.5. The van der Waals surface area contributed by atoms with Crippen molar-refractivity contribution in [3.05, 3.63) is 23.8 Å². The molecule has 1 amide bonds. The third-order valence-corrected chi connectivity index (χ3v) is 3.40. The molecule has 1 aromatic carbocycles. The zero-order chi connectivity index (χ0) is 15.1. The first-order valence-corrected chi connectivity index (χ1v) is 6.27. The molecule has 2 N–H and O–H groups in total. The summed E-state index contributed by atoms with van der Waals surface area (Å²) in [6.45, 7) is 4.35. The molecule has 1 atom stereocenters. The Morgan fingerprint density at radius 2 is 2.10 bits per heavy atom. The molecule has 0 aromatic heterocycles. The lowest BCUT2D eigenvalue weighted by Crippen LogP contribution is -2.58. The zero-order valence-corrected chi connectivity index (χ0v) is 11.6. The summed E-state index contributed by atoms with van der Waals surface area (Å²) in [7, 11) is 0. The summed E-state index contributed by atoms with van der Waals surface area (Å²) in [5, 5.41) is 18.5. The van der Waals surface area contributed by atoms with Crippen LogP contribution in [0, 0.1) is 0 Å². The number of ether oxygens (including phenoxy) is 1. The second-order valence-corrected chi connectivity index (χ2v) is 5.26. The highest BCUT2D eigenvalue weighted by molar-refractivity contribution is 6.05. The van der Waals surface area contributed by atoms with E-state index >= 15 is 0 Å². The number of hydrogen-bond donors (Lipinski definition) is 2. The van der Waals surface area contributed by atoms with Gasteiger partial charge in [0.2, 0.25) is 0 Å². The van der Waals surface area contributed by atoms with E-state index in [1.54, 1.807) is 25.1 Å². The lowest BCUT2D eigenvalue weighted by atomic mass is 9.98. The summed E-state index contributed by atoms with van der Waals surface area (Å²) in [6.07, 6.45) is -0.768. The van der Waals surface area contributed by atoms with Gasteiger partial charge in [0.05, 0.1) is 12.3 Å². The first-order valence-electron chi connectivity index (χ1n) is 6.27. The third kappa shape index (κ3) is 2.12. The Balaban J connectivity index is 2.58. The van der Waals surface area contributed by atoms with Crippen LogP contribution in [0.1, 0.15) is 26.3 Å². The van der Waals surface area contributed by atoms with Gasteiger partial charge in [-0.25, -0.2) is 4.79 Å². The van der Waals surface area contributed by atoms with Crippen LogP contribution in [0.15, 0.2) is 18.2 Å². The maximum absolute atomic E-state index is 12.3. The Labute approximate surface area is 116 Å². The van der Waals surface area contributed by atoms with E-state index in [2.05, 4.69) is 0 Å². The summed E-state index contributed by atoms with van der Waals surface area (Å²) >= 11 is 0. The van der Waals surface area contributed by atoms with Crippen LogP contribution in [0.25, 0.3) is 0 Å². The number of amides is 1. The second-order valence-electron chi connectivity index (χ2n) is 5.26. The largest absolute Gasteiger partial charge is 0.480 e. The van der Waals surface area contributed by atoms with Crippen LogP contribution in [0.3, 0.4) is 0 Å². The number of carbonyl (C=O) groups excluding carboxylic acids is 1. The fourth-order valence-corrected chi connectivity index (χ4v) is 2.15. The predicted molar refractivity (Wildman–Crippen MR) is 71.7 cm³/mol. The highest BCUT2D eigenvalue weighted by Crippen LogP contribution is 2.39. The van der Waals surface area contributed by atoms with Crippen molar-refractivity contribution in [1.82, 2.24) is 0 Å². The van der Waals surface area contributed by atoms with Gasteiger partial charge in [0, 0.05) is 0 Å². The lowest BCUT2D eigenvalue weighted by Gasteiger charge is -2.40. The molecule has 108 valence electrons. The van der Waals surface area contributed by atoms with E-state index in [4.69, 9.17) is 9.84 Å². The maximum Gasteiger partial charge on any atom is 0.329 e. The minimum atomic E-state index is -1.38. The van der Waals surface area contributed by atoms with E-state index < -0.39 is 23.5 Å². The van der Waals surface area contributed by atoms with Gasteiger partial charge in [0.15, 0.2) is 6.10 Å². The Bertz CT molecular complexity index is 567. The monoisotopic (exact) mass is 279 g/mol. The molecule has 1 unspecified atom stereocenters. The molecular formula is C14H17NO5. The van der Waals surface area contributed by atoms with Crippen molar-refractivity contribution in [1.29, 1.82) is 0 Å². The first-order chi connectivity index (χ1) is 9.28. The Kier molecular flexibility index (Phi) is 3.43. The number of aliphatic hydroxyl groups is 1. The van der Waals surface area contributed by atoms with Crippen LogP contribution in [-0.4, -0.2) is 33.7 Å². The molecule has 0 bridgehead atoms. The molecule has 1 heterocycles. The molecule has 0 fully saturated rings. The quantitative estimate of drug-likeness (QED) is 0.867. The van der Waals surface area contributed by atoms with Crippen molar-refractivity contribution < 1.29 is 24.5 Å². The molecular weight excluding hydrogens is 262 g/mol. The van der Waals surface area contributed by atoms with Crippen molar-refractivity contribution in [3.8, 4) is 5.75 Å². The van der Waals surface area contributed by atoms with Crippen LogP contribution >= 0.6 is 0 Å². The van der Waals surface area contributed by atoms with Crippen molar-refractivity contribution in [3.63, 3.8) is 0 Å². The van der Waals surface area contributed by atoms with Gasteiger partial charge in [-0.15, -0.1) is 0 Å². The van der Waals surface area contributed by atoms with E-state index in [0.29, 0.717) is 17.0 Å². The Hall–Kier alpha value is -2.08. The van der Waals surface area contributed by atoms with Gasteiger partial charge in [0.1, 0.15) is 11.3 Å². The number of anilines is 1. The van der Waals surface area contributed by atoms with E-state index in [1.165, 1.54) is 18.7 Å². The number of benzene rings is 1. The predicted octanol–water partition coefficient (Wildman–Crippen LogP) is 1.16. The van der Waals surface area contributed by atoms with E-state index in [9.17, 15) is 14.7 Å². The normalized spacial score (nSPS) is 18.5. The molecule has 1 aromatic rings. The molecule has 0 saturated carbocycles. The number of carboxylic acid groups (broad SMARTS) is 1. The van der Waals surface area contributed by atoms with E-state index in [0.717, 1.165) is 0 Å². The molecule has 20 heavy (non-hydrogen) atoms. The van der Waals surface area contributed by atoms with Gasteiger partial charge in [-0.3, -0.25) is 9.69 Å². The van der Waals surface area contributed by atoms with E-state index in [-0.39, 0.29) is 6.61 Å². The number of carbonyl (C=O) groups is 2. The number of carboxylic acids is 1. The SMILES string of the molecule is CC1Oc2cc(CO)ccc2N(C(C)(C)C(=O)O)C1=O. The van der Waals surface area contributed by atoms with Crippen LogP contribution < -0.4 is 9.64 Å². The number of aliphatic hydroxyl groups excluding tert-OH is 1. The number of rotatable bonds is 3. The van der Waals surface area contributed by atoms with Crippen molar-refractivity contribution >= 4 is 17.6 Å². The van der Waals surface area contributed by atoms with Gasteiger partial charge < -0.3 is 14.9 Å². The summed E-state index contributed by atoms with van der Waals surface area (Å²) in [4.78, 5) is 24.9. The van der Waals surface area contributed by atoms with Crippen LogP contribution in [0.2, 0.25) is 0 Å². The lowest BCUT2D eigenvalue weighted by molar-refractivity contribution is -0.145. The number of hydrogen-bond acceptors (Lipinski definition) is 4. The van der Waals surface area contributed by atoms with Gasteiger partial charge in [-0.1, -0.05) is 6.07 Å². The average molecular weight is 279 g/mol. The van der Waals surface area contributed by atoms with Gasteiger partial charge >= 0.3 is 5.97 Å². The smallest absolute Gasteiger partial charge is 0.329 e. The van der Waals surface area contributed by atoms with E-state index in [1.807, 2.05) is 0 Å². The molecule has 1 aliphatic heterocycles. The minimum absolute atomic E-state index is 0.151. The minimum Gasteiger partial charge on any atom is -0.480 e.